The van der Waals surface area contributed by atoms with Crippen molar-refractivity contribution in [1.29, 1.82) is 0 Å². The van der Waals surface area contributed by atoms with Gasteiger partial charge in [0, 0.05) is 23.7 Å². The molecule has 3 heteroatoms. The minimum atomic E-state index is -0.142. The molecule has 1 amide bonds. The standard InChI is InChI=1S/C17H19NO2/c1-12-9-15(6-5-14(12)3-2-8-19)17(20)18-11-13-4-7-16(18)10-13/h5-6,9,13,16,19H,4,7-8,10-11H2,1H3. The molecule has 2 aliphatic rings. The Labute approximate surface area is 119 Å². The van der Waals surface area contributed by atoms with Crippen LogP contribution in [0.3, 0.4) is 0 Å². The number of hydrogen-bond donors (Lipinski definition) is 1. The van der Waals surface area contributed by atoms with Crippen molar-refractivity contribution in [3.8, 4) is 11.8 Å². The number of benzene rings is 1. The predicted octanol–water partition coefficient (Wildman–Crippen LogP) is 1.96. The molecule has 1 aromatic rings. The second kappa shape index (κ2) is 5.30. The molecule has 1 aromatic carbocycles. The summed E-state index contributed by atoms with van der Waals surface area (Å²) in [5.41, 5.74) is 2.62. The lowest BCUT2D eigenvalue weighted by Crippen LogP contribution is -2.37. The van der Waals surface area contributed by atoms with Gasteiger partial charge in [-0.05, 0) is 55.9 Å². The van der Waals surface area contributed by atoms with Crippen LogP contribution in [0.5, 0.6) is 0 Å². The average molecular weight is 269 g/mol. The molecule has 1 N–H and O–H groups in total. The number of fused-ring (bicyclic) bond motifs is 2. The number of aryl methyl sites for hydroxylation is 1. The summed E-state index contributed by atoms with van der Waals surface area (Å²) in [6, 6.07) is 6.10. The second-order valence-corrected chi connectivity index (χ2v) is 5.78. The molecule has 1 aliphatic carbocycles. The molecule has 0 aromatic heterocycles. The molecule has 2 atom stereocenters. The summed E-state index contributed by atoms with van der Waals surface area (Å²) in [5.74, 6) is 6.42. The zero-order valence-corrected chi connectivity index (χ0v) is 11.7. The summed E-state index contributed by atoms with van der Waals surface area (Å²) in [7, 11) is 0. The molecule has 1 heterocycles. The molecule has 3 nitrogen and oxygen atoms in total. The molecule has 20 heavy (non-hydrogen) atoms. The molecular weight excluding hydrogens is 250 g/mol. The van der Waals surface area contributed by atoms with Crippen LogP contribution in [-0.2, 0) is 0 Å². The molecule has 0 radical (unpaired) electrons. The second-order valence-electron chi connectivity index (χ2n) is 5.78. The minimum absolute atomic E-state index is 0.142. The van der Waals surface area contributed by atoms with Gasteiger partial charge >= 0.3 is 0 Å². The summed E-state index contributed by atoms with van der Waals surface area (Å²) in [6.45, 7) is 2.74. The monoisotopic (exact) mass is 269 g/mol. The van der Waals surface area contributed by atoms with E-state index in [9.17, 15) is 4.79 Å². The van der Waals surface area contributed by atoms with Gasteiger partial charge in [0.15, 0.2) is 0 Å². The third-order valence-electron chi connectivity index (χ3n) is 4.45. The predicted molar refractivity (Wildman–Crippen MR) is 77.3 cm³/mol. The Morgan fingerprint density at radius 1 is 1.45 bits per heavy atom. The molecule has 3 rings (SSSR count). The largest absolute Gasteiger partial charge is 0.384 e. The van der Waals surface area contributed by atoms with Gasteiger partial charge in [-0.1, -0.05) is 11.8 Å². The highest BCUT2D eigenvalue weighted by Crippen LogP contribution is 2.38. The summed E-state index contributed by atoms with van der Waals surface area (Å²) in [5, 5.41) is 8.73. The van der Waals surface area contributed by atoms with E-state index in [-0.39, 0.29) is 12.5 Å². The Morgan fingerprint density at radius 2 is 2.30 bits per heavy atom. The number of amides is 1. The van der Waals surface area contributed by atoms with Crippen LogP contribution in [0, 0.1) is 24.7 Å². The third-order valence-corrected chi connectivity index (χ3v) is 4.45. The van der Waals surface area contributed by atoms with Gasteiger partial charge in [-0.3, -0.25) is 4.79 Å². The maximum absolute atomic E-state index is 12.6. The number of rotatable bonds is 1. The molecule has 104 valence electrons. The Morgan fingerprint density at radius 3 is 2.90 bits per heavy atom. The Bertz CT molecular complexity index is 597. The Kier molecular flexibility index (Phi) is 3.50. The fraction of sp³-hybridized carbons (Fsp3) is 0.471. The van der Waals surface area contributed by atoms with Crippen LogP contribution in [0.25, 0.3) is 0 Å². The van der Waals surface area contributed by atoms with Crippen molar-refractivity contribution in [2.75, 3.05) is 13.2 Å². The van der Waals surface area contributed by atoms with Crippen molar-refractivity contribution >= 4 is 5.91 Å². The highest BCUT2D eigenvalue weighted by Gasteiger charge is 2.40. The number of nitrogens with zero attached hydrogens (tertiary/aromatic N) is 1. The Balaban J connectivity index is 1.80. The van der Waals surface area contributed by atoms with Crippen LogP contribution in [0.2, 0.25) is 0 Å². The van der Waals surface area contributed by atoms with E-state index in [0.29, 0.717) is 6.04 Å². The van der Waals surface area contributed by atoms with Crippen LogP contribution < -0.4 is 0 Å². The van der Waals surface area contributed by atoms with Crippen molar-refractivity contribution in [3.05, 3.63) is 34.9 Å². The first-order chi connectivity index (χ1) is 9.69. The molecule has 2 fully saturated rings. The lowest BCUT2D eigenvalue weighted by atomic mass is 10.0. The molecule has 1 aliphatic heterocycles. The first kappa shape index (κ1) is 13.2. The minimum Gasteiger partial charge on any atom is -0.384 e. The zero-order chi connectivity index (χ0) is 14.1. The summed E-state index contributed by atoms with van der Waals surface area (Å²) in [4.78, 5) is 14.6. The van der Waals surface area contributed by atoms with Crippen LogP contribution >= 0.6 is 0 Å². The van der Waals surface area contributed by atoms with Crippen molar-refractivity contribution in [1.82, 2.24) is 4.90 Å². The van der Waals surface area contributed by atoms with Gasteiger partial charge < -0.3 is 10.0 Å². The normalized spacial score (nSPS) is 23.6. The van der Waals surface area contributed by atoms with E-state index in [4.69, 9.17) is 5.11 Å². The van der Waals surface area contributed by atoms with E-state index >= 15 is 0 Å². The highest BCUT2D eigenvalue weighted by molar-refractivity contribution is 5.95. The molecule has 1 saturated carbocycles. The van der Waals surface area contributed by atoms with E-state index in [2.05, 4.69) is 11.8 Å². The fourth-order valence-electron chi connectivity index (χ4n) is 3.41. The van der Waals surface area contributed by atoms with Crippen LogP contribution in [0.4, 0.5) is 0 Å². The van der Waals surface area contributed by atoms with E-state index < -0.39 is 0 Å². The maximum Gasteiger partial charge on any atom is 0.254 e. The quantitative estimate of drug-likeness (QED) is 0.792. The first-order valence-electron chi connectivity index (χ1n) is 7.20. The number of likely N-dealkylation sites (tertiary alicyclic amines) is 1. The van der Waals surface area contributed by atoms with Crippen LogP contribution in [-0.4, -0.2) is 35.1 Å². The van der Waals surface area contributed by atoms with E-state index in [1.165, 1.54) is 12.8 Å². The molecule has 2 unspecified atom stereocenters. The zero-order valence-electron chi connectivity index (χ0n) is 11.7. The van der Waals surface area contributed by atoms with Crippen LogP contribution in [0.1, 0.15) is 40.7 Å². The number of hydrogen-bond acceptors (Lipinski definition) is 2. The number of carbonyl (C=O) groups excluding carboxylic acids is 1. The van der Waals surface area contributed by atoms with Crippen molar-refractivity contribution in [2.24, 2.45) is 5.92 Å². The Hall–Kier alpha value is -1.79. The smallest absolute Gasteiger partial charge is 0.254 e. The summed E-state index contributed by atoms with van der Waals surface area (Å²) < 4.78 is 0. The number of carbonyl (C=O) groups is 1. The van der Waals surface area contributed by atoms with E-state index in [0.717, 1.165) is 35.6 Å². The highest BCUT2D eigenvalue weighted by atomic mass is 16.2. The lowest BCUT2D eigenvalue weighted by Gasteiger charge is -2.27. The maximum atomic E-state index is 12.6. The van der Waals surface area contributed by atoms with Gasteiger partial charge in [-0.2, -0.15) is 0 Å². The van der Waals surface area contributed by atoms with Crippen LogP contribution in [0.15, 0.2) is 18.2 Å². The molecule has 1 saturated heterocycles. The molecule has 0 spiro atoms. The van der Waals surface area contributed by atoms with Gasteiger partial charge in [0.05, 0.1) is 0 Å². The molecule has 2 bridgehead atoms. The summed E-state index contributed by atoms with van der Waals surface area (Å²) in [6.07, 6.45) is 3.63. The van der Waals surface area contributed by atoms with Gasteiger partial charge in [-0.15, -0.1) is 0 Å². The van der Waals surface area contributed by atoms with Crippen molar-refractivity contribution in [2.45, 2.75) is 32.2 Å². The van der Waals surface area contributed by atoms with Gasteiger partial charge in [-0.25, -0.2) is 0 Å². The lowest BCUT2D eigenvalue weighted by molar-refractivity contribution is 0.0703. The molecular formula is C17H19NO2. The SMILES string of the molecule is Cc1cc(C(=O)N2CC3CCC2C3)ccc1C#CCO. The topological polar surface area (TPSA) is 40.5 Å². The average Bonchev–Trinajstić information content (AvgIpc) is 3.08. The summed E-state index contributed by atoms with van der Waals surface area (Å²) >= 11 is 0. The van der Waals surface area contributed by atoms with E-state index in [1.54, 1.807) is 0 Å². The van der Waals surface area contributed by atoms with Crippen molar-refractivity contribution < 1.29 is 9.90 Å². The number of aliphatic hydroxyl groups is 1. The van der Waals surface area contributed by atoms with Crippen molar-refractivity contribution in [3.63, 3.8) is 0 Å². The number of aliphatic hydroxyl groups excluding tert-OH is 1. The van der Waals surface area contributed by atoms with Gasteiger partial charge in [0.2, 0.25) is 0 Å². The van der Waals surface area contributed by atoms with Gasteiger partial charge in [0.1, 0.15) is 6.61 Å². The number of piperidine rings is 1. The van der Waals surface area contributed by atoms with E-state index in [1.807, 2.05) is 30.0 Å². The first-order valence-corrected chi connectivity index (χ1v) is 7.20. The van der Waals surface area contributed by atoms with Gasteiger partial charge in [0.25, 0.3) is 5.91 Å². The fourth-order valence-corrected chi connectivity index (χ4v) is 3.41. The third kappa shape index (κ3) is 2.32.